The van der Waals surface area contributed by atoms with Gasteiger partial charge in [-0.15, -0.1) is 0 Å². The van der Waals surface area contributed by atoms with E-state index >= 15 is 0 Å². The predicted octanol–water partition coefficient (Wildman–Crippen LogP) is -0.952. The molecule has 0 amide bonds. The van der Waals surface area contributed by atoms with E-state index in [9.17, 15) is 9.90 Å². The van der Waals surface area contributed by atoms with Crippen molar-refractivity contribution in [3.05, 3.63) is 12.2 Å². The number of carbonyl (C=O) groups is 1. The molecular weight excluding hydrogens is 186 g/mol. The van der Waals surface area contributed by atoms with Crippen LogP contribution >= 0.6 is 0 Å². The molecule has 0 aromatic rings. The second kappa shape index (κ2) is 7.49. The summed E-state index contributed by atoms with van der Waals surface area (Å²) in [7, 11) is 0. The molecule has 0 saturated carbocycles. The Labute approximate surface area is 83.4 Å². The second-order valence-corrected chi connectivity index (χ2v) is 2.96. The Morgan fingerprint density at radius 2 is 2.29 bits per heavy atom. The molecule has 0 aliphatic heterocycles. The summed E-state index contributed by atoms with van der Waals surface area (Å²) in [6, 6.07) is 0. The topological polar surface area (TPSA) is 78.8 Å². The summed E-state index contributed by atoms with van der Waals surface area (Å²) in [5.74, 6) is -0.508. The first-order chi connectivity index (χ1) is 6.57. The molecule has 3 N–H and O–H groups in total. The normalized spacial score (nSPS) is 12.2. The second-order valence-electron chi connectivity index (χ2n) is 2.96. The van der Waals surface area contributed by atoms with Gasteiger partial charge in [-0.05, 0) is 6.92 Å². The van der Waals surface area contributed by atoms with Gasteiger partial charge in [-0.3, -0.25) is 0 Å². The van der Waals surface area contributed by atoms with Crippen molar-refractivity contribution in [2.75, 3.05) is 26.3 Å². The molecule has 0 radical (unpaired) electrons. The Kier molecular flexibility index (Phi) is 7.00. The van der Waals surface area contributed by atoms with E-state index in [1.165, 1.54) is 0 Å². The maximum absolute atomic E-state index is 10.9. The highest BCUT2D eigenvalue weighted by Gasteiger charge is 2.08. The number of aliphatic hydroxyl groups excluding tert-OH is 2. The third-order valence-electron chi connectivity index (χ3n) is 1.42. The first-order valence-corrected chi connectivity index (χ1v) is 4.40. The van der Waals surface area contributed by atoms with Crippen molar-refractivity contribution in [2.45, 2.75) is 13.0 Å². The quantitative estimate of drug-likeness (QED) is 0.282. The van der Waals surface area contributed by atoms with Crippen LogP contribution in [-0.2, 0) is 9.53 Å². The van der Waals surface area contributed by atoms with Crippen LogP contribution in [0, 0.1) is 0 Å². The van der Waals surface area contributed by atoms with Crippen LogP contribution in [0.15, 0.2) is 12.2 Å². The van der Waals surface area contributed by atoms with Gasteiger partial charge in [0.15, 0.2) is 0 Å². The molecule has 0 aromatic heterocycles. The zero-order valence-corrected chi connectivity index (χ0v) is 8.32. The van der Waals surface area contributed by atoms with E-state index in [0.29, 0.717) is 12.1 Å². The Bertz CT molecular complexity index is 193. The molecule has 1 unspecified atom stereocenters. The number of esters is 1. The molecule has 0 aliphatic rings. The molecule has 0 rings (SSSR count). The largest absolute Gasteiger partial charge is 0.460 e. The minimum atomic E-state index is -0.759. The third kappa shape index (κ3) is 6.59. The van der Waals surface area contributed by atoms with Crippen LogP contribution in [0.25, 0.3) is 0 Å². The molecule has 0 fully saturated rings. The first-order valence-electron chi connectivity index (χ1n) is 4.40. The van der Waals surface area contributed by atoms with Crippen LogP contribution in [0.4, 0.5) is 0 Å². The summed E-state index contributed by atoms with van der Waals surface area (Å²) in [4.78, 5) is 10.9. The number of nitrogens with one attached hydrogen (secondary N) is 1. The van der Waals surface area contributed by atoms with Gasteiger partial charge in [0, 0.05) is 18.7 Å². The highest BCUT2D eigenvalue weighted by molar-refractivity contribution is 5.86. The lowest BCUT2D eigenvalue weighted by Crippen LogP contribution is -2.32. The van der Waals surface area contributed by atoms with E-state index in [-0.39, 0.29) is 19.8 Å². The zero-order valence-electron chi connectivity index (χ0n) is 8.32. The number of ether oxygens (including phenoxy) is 1. The van der Waals surface area contributed by atoms with Crippen LogP contribution in [0.3, 0.4) is 0 Å². The van der Waals surface area contributed by atoms with E-state index in [2.05, 4.69) is 11.9 Å². The molecule has 5 nitrogen and oxygen atoms in total. The van der Waals surface area contributed by atoms with E-state index in [1.807, 2.05) is 0 Å². The fourth-order valence-corrected chi connectivity index (χ4v) is 0.702. The summed E-state index contributed by atoms with van der Waals surface area (Å²) in [6.45, 7) is 5.58. The zero-order chi connectivity index (χ0) is 11.0. The van der Waals surface area contributed by atoms with Gasteiger partial charge in [-0.25, -0.2) is 4.79 Å². The number of hydrogen-bond acceptors (Lipinski definition) is 5. The first kappa shape index (κ1) is 13.1. The van der Waals surface area contributed by atoms with Gasteiger partial charge in [-0.1, -0.05) is 6.58 Å². The average molecular weight is 203 g/mol. The third-order valence-corrected chi connectivity index (χ3v) is 1.42. The van der Waals surface area contributed by atoms with Gasteiger partial charge in [0.05, 0.1) is 6.61 Å². The van der Waals surface area contributed by atoms with Crippen molar-refractivity contribution in [3.63, 3.8) is 0 Å². The molecular formula is C9H17NO4. The number of carbonyl (C=O) groups excluding carboxylic acids is 1. The molecule has 0 spiro atoms. The van der Waals surface area contributed by atoms with E-state index in [4.69, 9.17) is 9.84 Å². The molecule has 14 heavy (non-hydrogen) atoms. The van der Waals surface area contributed by atoms with E-state index in [1.54, 1.807) is 6.92 Å². The van der Waals surface area contributed by atoms with Crippen LogP contribution < -0.4 is 5.32 Å². The lowest BCUT2D eigenvalue weighted by molar-refractivity contribution is -0.141. The molecule has 0 aromatic carbocycles. The number of rotatable bonds is 7. The summed E-state index contributed by atoms with van der Waals surface area (Å²) in [5.41, 5.74) is 0.306. The van der Waals surface area contributed by atoms with Crippen LogP contribution in [0.5, 0.6) is 0 Å². The smallest absolute Gasteiger partial charge is 0.333 e. The van der Waals surface area contributed by atoms with Crippen LogP contribution in [0.2, 0.25) is 0 Å². The van der Waals surface area contributed by atoms with Crippen LogP contribution in [0.1, 0.15) is 6.92 Å². The summed E-state index contributed by atoms with van der Waals surface area (Å²) >= 11 is 0. The van der Waals surface area contributed by atoms with Gasteiger partial charge in [0.2, 0.25) is 0 Å². The number of hydrogen-bond donors (Lipinski definition) is 3. The molecule has 0 saturated heterocycles. The Balaban J connectivity index is 3.48. The highest BCUT2D eigenvalue weighted by atomic mass is 16.5. The highest BCUT2D eigenvalue weighted by Crippen LogP contribution is 1.93. The van der Waals surface area contributed by atoms with Crippen molar-refractivity contribution >= 4 is 5.97 Å². The molecule has 0 aliphatic carbocycles. The summed E-state index contributed by atoms with van der Waals surface area (Å²) in [5, 5.41) is 20.5. The fraction of sp³-hybridized carbons (Fsp3) is 0.667. The van der Waals surface area contributed by atoms with Crippen molar-refractivity contribution in [1.82, 2.24) is 5.32 Å². The van der Waals surface area contributed by atoms with Crippen LogP contribution in [-0.4, -0.2) is 48.6 Å². The number of aliphatic hydroxyl groups is 2. The van der Waals surface area contributed by atoms with E-state index < -0.39 is 12.1 Å². The predicted molar refractivity (Wildman–Crippen MR) is 51.7 cm³/mol. The Hall–Kier alpha value is -0.910. The van der Waals surface area contributed by atoms with Gasteiger partial charge < -0.3 is 20.3 Å². The molecule has 1 atom stereocenters. The maximum atomic E-state index is 10.9. The lowest BCUT2D eigenvalue weighted by atomic mass is 10.3. The maximum Gasteiger partial charge on any atom is 0.333 e. The van der Waals surface area contributed by atoms with Crippen molar-refractivity contribution < 1.29 is 19.7 Å². The molecule has 0 bridgehead atoms. The van der Waals surface area contributed by atoms with Gasteiger partial charge in [-0.2, -0.15) is 0 Å². The Morgan fingerprint density at radius 1 is 1.64 bits per heavy atom. The molecule has 0 heterocycles. The SMILES string of the molecule is C=C(C)C(=O)OCC(O)CNCCO. The minimum absolute atomic E-state index is 0.0122. The van der Waals surface area contributed by atoms with Crippen molar-refractivity contribution in [2.24, 2.45) is 0 Å². The average Bonchev–Trinajstić information content (AvgIpc) is 2.14. The van der Waals surface area contributed by atoms with Gasteiger partial charge in [0.25, 0.3) is 0 Å². The Morgan fingerprint density at radius 3 is 2.79 bits per heavy atom. The monoisotopic (exact) mass is 203 g/mol. The standard InChI is InChI=1S/C9H17NO4/c1-7(2)9(13)14-6-8(12)5-10-3-4-11/h8,10-12H,1,3-6H2,2H3. The van der Waals surface area contributed by atoms with Gasteiger partial charge in [0.1, 0.15) is 12.7 Å². The van der Waals surface area contributed by atoms with E-state index in [0.717, 1.165) is 0 Å². The lowest BCUT2D eigenvalue weighted by Gasteiger charge is -2.11. The minimum Gasteiger partial charge on any atom is -0.460 e. The van der Waals surface area contributed by atoms with Gasteiger partial charge >= 0.3 is 5.97 Å². The molecule has 5 heteroatoms. The summed E-state index contributed by atoms with van der Waals surface area (Å²) in [6.07, 6.45) is -0.759. The van der Waals surface area contributed by atoms with Crippen molar-refractivity contribution in [1.29, 1.82) is 0 Å². The summed E-state index contributed by atoms with van der Waals surface area (Å²) < 4.78 is 4.70. The van der Waals surface area contributed by atoms with Crippen molar-refractivity contribution in [3.8, 4) is 0 Å². The fourth-order valence-electron chi connectivity index (χ4n) is 0.702. The molecule has 82 valence electrons.